The second-order valence-corrected chi connectivity index (χ2v) is 7.91. The number of imide groups is 1. The molecule has 9 nitrogen and oxygen atoms in total. The third-order valence-electron chi connectivity index (χ3n) is 3.71. The summed E-state index contributed by atoms with van der Waals surface area (Å²) in [5, 5.41) is 7.21. The zero-order valence-electron chi connectivity index (χ0n) is 13.9. The molecule has 2 rings (SSSR count). The van der Waals surface area contributed by atoms with Gasteiger partial charge in [0.15, 0.2) is 0 Å². The molecule has 0 aromatic heterocycles. The van der Waals surface area contributed by atoms with Crippen LogP contribution in [0.4, 0.5) is 4.79 Å². The van der Waals surface area contributed by atoms with E-state index in [4.69, 9.17) is 0 Å². The molecule has 0 saturated carbocycles. The molecule has 3 N–H and O–H groups in total. The van der Waals surface area contributed by atoms with Crippen LogP contribution >= 0.6 is 0 Å². The smallest absolute Gasteiger partial charge is 0.322 e. The van der Waals surface area contributed by atoms with Gasteiger partial charge in [-0.1, -0.05) is 12.1 Å². The van der Waals surface area contributed by atoms with Crippen molar-refractivity contribution < 1.29 is 22.8 Å². The normalized spacial score (nSPS) is 17.3. The molecule has 4 amide bonds. The van der Waals surface area contributed by atoms with Crippen LogP contribution in [0.15, 0.2) is 29.2 Å². The molecule has 0 spiro atoms. The van der Waals surface area contributed by atoms with Crippen LogP contribution in [0, 0.1) is 0 Å². The first-order valence-electron chi connectivity index (χ1n) is 7.59. The van der Waals surface area contributed by atoms with Gasteiger partial charge in [0.1, 0.15) is 6.04 Å². The van der Waals surface area contributed by atoms with Gasteiger partial charge in [0.2, 0.25) is 15.9 Å². The zero-order valence-corrected chi connectivity index (χ0v) is 14.7. The van der Waals surface area contributed by atoms with E-state index in [1.807, 2.05) is 0 Å². The van der Waals surface area contributed by atoms with E-state index in [1.165, 1.54) is 26.2 Å². The maximum absolute atomic E-state index is 12.0. The maximum Gasteiger partial charge on any atom is 0.322 e. The second-order valence-electron chi connectivity index (χ2n) is 5.76. The number of carbonyl (C=O) groups is 3. The predicted molar refractivity (Wildman–Crippen MR) is 88.9 cm³/mol. The third kappa shape index (κ3) is 4.77. The number of carbonyl (C=O) groups excluding carboxylic acids is 3. The topological polar surface area (TPSA) is 125 Å². The molecular weight excluding hydrogens is 348 g/mol. The number of benzene rings is 1. The number of rotatable bonds is 7. The molecule has 1 aliphatic rings. The van der Waals surface area contributed by atoms with Crippen LogP contribution in [-0.2, 0) is 26.2 Å². The summed E-state index contributed by atoms with van der Waals surface area (Å²) in [5.74, 6) is -0.700. The lowest BCUT2D eigenvalue weighted by atomic mass is 10.1. The summed E-state index contributed by atoms with van der Waals surface area (Å²) in [4.78, 5) is 34.3. The molecule has 0 radical (unpaired) electrons. The average molecular weight is 368 g/mol. The minimum atomic E-state index is -3.48. The van der Waals surface area contributed by atoms with Gasteiger partial charge in [0.25, 0.3) is 5.91 Å². The highest BCUT2D eigenvalue weighted by molar-refractivity contribution is 7.89. The quantitative estimate of drug-likeness (QED) is 0.562. The van der Waals surface area contributed by atoms with E-state index in [0.29, 0.717) is 0 Å². The fourth-order valence-electron chi connectivity index (χ4n) is 2.22. The van der Waals surface area contributed by atoms with Crippen molar-refractivity contribution in [3.8, 4) is 0 Å². The molecule has 0 unspecified atom stereocenters. The minimum absolute atomic E-state index is 0.0887. The third-order valence-corrected chi connectivity index (χ3v) is 5.54. The van der Waals surface area contributed by atoms with E-state index >= 15 is 0 Å². The fourth-order valence-corrected chi connectivity index (χ4v) is 3.12. The lowest BCUT2D eigenvalue weighted by Crippen LogP contribution is -2.31. The van der Waals surface area contributed by atoms with Crippen molar-refractivity contribution in [2.45, 2.75) is 30.3 Å². The first-order chi connectivity index (χ1) is 11.7. The van der Waals surface area contributed by atoms with Gasteiger partial charge in [-0.2, -0.15) is 0 Å². The molecule has 0 aliphatic carbocycles. The number of amides is 4. The van der Waals surface area contributed by atoms with Crippen LogP contribution in [-0.4, -0.2) is 50.7 Å². The van der Waals surface area contributed by atoms with Gasteiger partial charge >= 0.3 is 6.03 Å². The largest absolute Gasteiger partial charge is 0.352 e. The molecule has 1 aliphatic heterocycles. The number of urea groups is 1. The van der Waals surface area contributed by atoms with Crippen molar-refractivity contribution in [3.63, 3.8) is 0 Å². The molecule has 1 atom stereocenters. The highest BCUT2D eigenvalue weighted by atomic mass is 32.2. The summed E-state index contributed by atoms with van der Waals surface area (Å²) in [6, 6.07) is 4.98. The molecule has 1 fully saturated rings. The first kappa shape index (κ1) is 18.9. The summed E-state index contributed by atoms with van der Waals surface area (Å²) >= 11 is 0. The minimum Gasteiger partial charge on any atom is -0.352 e. The lowest BCUT2D eigenvalue weighted by molar-refractivity contribution is -0.122. The van der Waals surface area contributed by atoms with Crippen LogP contribution < -0.4 is 16.0 Å². The Kier molecular flexibility index (Phi) is 5.75. The Balaban J connectivity index is 1.82. The summed E-state index contributed by atoms with van der Waals surface area (Å²) in [5.41, 5.74) is 0.748. The van der Waals surface area contributed by atoms with E-state index in [0.717, 1.165) is 9.87 Å². The van der Waals surface area contributed by atoms with Crippen molar-refractivity contribution >= 4 is 27.9 Å². The van der Waals surface area contributed by atoms with Gasteiger partial charge in [0.05, 0.1) is 4.90 Å². The van der Waals surface area contributed by atoms with Crippen LogP contribution in [0.3, 0.4) is 0 Å². The molecule has 25 heavy (non-hydrogen) atoms. The van der Waals surface area contributed by atoms with E-state index in [-0.39, 0.29) is 30.2 Å². The van der Waals surface area contributed by atoms with Crippen molar-refractivity contribution in [2.75, 3.05) is 14.1 Å². The molecule has 10 heteroatoms. The van der Waals surface area contributed by atoms with Gasteiger partial charge in [-0.15, -0.1) is 0 Å². The number of nitrogens with zero attached hydrogens (tertiary/aromatic N) is 1. The van der Waals surface area contributed by atoms with Gasteiger partial charge in [-0.05, 0) is 24.1 Å². The molecule has 1 saturated heterocycles. The monoisotopic (exact) mass is 368 g/mol. The van der Waals surface area contributed by atoms with Gasteiger partial charge in [0, 0.05) is 27.1 Å². The Labute approximate surface area is 145 Å². The Morgan fingerprint density at radius 2 is 1.84 bits per heavy atom. The average Bonchev–Trinajstić information content (AvgIpc) is 2.88. The number of hydrogen-bond acceptors (Lipinski definition) is 5. The number of sulfonamides is 1. The molecule has 1 aromatic carbocycles. The van der Waals surface area contributed by atoms with Crippen LogP contribution in [0.5, 0.6) is 0 Å². The summed E-state index contributed by atoms with van der Waals surface area (Å²) in [6.07, 6.45) is 0.300. The van der Waals surface area contributed by atoms with Gasteiger partial charge in [-0.3, -0.25) is 14.9 Å². The molecule has 0 bridgehead atoms. The van der Waals surface area contributed by atoms with E-state index < -0.39 is 28.0 Å². The van der Waals surface area contributed by atoms with Gasteiger partial charge < -0.3 is 10.6 Å². The van der Waals surface area contributed by atoms with Crippen LogP contribution in [0.1, 0.15) is 18.4 Å². The predicted octanol–water partition coefficient (Wildman–Crippen LogP) is -0.459. The Bertz CT molecular complexity index is 774. The summed E-state index contributed by atoms with van der Waals surface area (Å²) < 4.78 is 25.1. The van der Waals surface area contributed by atoms with E-state index in [9.17, 15) is 22.8 Å². The number of nitrogens with one attached hydrogen (secondary N) is 3. The maximum atomic E-state index is 12.0. The molecule has 1 aromatic rings. The lowest BCUT2D eigenvalue weighted by Gasteiger charge is -2.12. The summed E-state index contributed by atoms with van der Waals surface area (Å²) in [7, 11) is -0.569. The van der Waals surface area contributed by atoms with E-state index in [2.05, 4.69) is 16.0 Å². The van der Waals surface area contributed by atoms with Crippen molar-refractivity contribution in [1.82, 2.24) is 20.3 Å². The van der Waals surface area contributed by atoms with E-state index in [1.54, 1.807) is 12.1 Å². The Morgan fingerprint density at radius 3 is 2.36 bits per heavy atom. The van der Waals surface area contributed by atoms with Crippen LogP contribution in [0.25, 0.3) is 0 Å². The highest BCUT2D eigenvalue weighted by Crippen LogP contribution is 2.14. The van der Waals surface area contributed by atoms with Crippen LogP contribution in [0.2, 0.25) is 0 Å². The zero-order chi connectivity index (χ0) is 18.6. The van der Waals surface area contributed by atoms with Gasteiger partial charge in [-0.25, -0.2) is 17.5 Å². The van der Waals surface area contributed by atoms with Crippen molar-refractivity contribution in [2.24, 2.45) is 0 Å². The Hall–Kier alpha value is -2.46. The van der Waals surface area contributed by atoms with Crippen molar-refractivity contribution in [1.29, 1.82) is 0 Å². The number of hydrogen-bond donors (Lipinski definition) is 3. The molecule has 1 heterocycles. The first-order valence-corrected chi connectivity index (χ1v) is 9.03. The summed E-state index contributed by atoms with van der Waals surface area (Å²) in [6.45, 7) is 0.240. The van der Waals surface area contributed by atoms with Crippen molar-refractivity contribution in [3.05, 3.63) is 29.8 Å². The molecule has 136 valence electrons. The standard InChI is InChI=1S/C15H20N4O5S/c1-19(2)25(23,24)11-5-3-10(4-6-11)9-16-13(20)8-7-12-14(21)18-15(22)17-12/h3-6,12H,7-9H2,1-2H3,(H,16,20)(H2,17,18,21,22)/t12-/m0/s1. The fraction of sp³-hybridized carbons (Fsp3) is 0.400. The highest BCUT2D eigenvalue weighted by Gasteiger charge is 2.29. The second kappa shape index (κ2) is 7.62. The Morgan fingerprint density at radius 1 is 1.20 bits per heavy atom. The SMILES string of the molecule is CN(C)S(=O)(=O)c1ccc(CNC(=O)CC[C@@H]2NC(=O)NC2=O)cc1. The molecular formula is C15H20N4O5S.